The number of nitrogens with one attached hydrogen (secondary N) is 7. The molecule has 6 fully saturated rings. The molecule has 736 valence electrons. The van der Waals surface area contributed by atoms with Crippen molar-refractivity contribution in [2.45, 2.75) is 115 Å². The van der Waals surface area contributed by atoms with Crippen LogP contribution in [0.4, 0.5) is 89.9 Å². The third kappa shape index (κ3) is 23.1. The van der Waals surface area contributed by atoms with Gasteiger partial charge < -0.3 is 65.7 Å². The number of alkyl halides is 6. The number of carboxylic acids is 1. The molecule has 11 amide bonds. The lowest BCUT2D eigenvalue weighted by Gasteiger charge is -2.44. The number of anilines is 8. The highest BCUT2D eigenvalue weighted by Gasteiger charge is 2.49. The van der Waals surface area contributed by atoms with Crippen LogP contribution in [0.5, 0.6) is 0 Å². The zero-order valence-corrected chi connectivity index (χ0v) is 76.2. The fourth-order valence-corrected chi connectivity index (χ4v) is 17.6. The topological polar surface area (TPSA) is 408 Å². The van der Waals surface area contributed by atoms with E-state index in [9.17, 15) is 92.7 Å². The van der Waals surface area contributed by atoms with Crippen LogP contribution in [-0.4, -0.2) is 289 Å². The van der Waals surface area contributed by atoms with E-state index in [1.54, 1.807) is 29.2 Å². The maximum Gasteiger partial charge on any atom is 0.417 e. The fourth-order valence-electron chi connectivity index (χ4n) is 17.6. The molecule has 8 aromatic rings. The number of carbonyl (C=O) groups is 12. The monoisotopic (exact) mass is 1940 g/mol. The van der Waals surface area contributed by atoms with Gasteiger partial charge in [-0.1, -0.05) is 12.1 Å². The Morgan fingerprint density at radius 3 is 1.23 bits per heavy atom. The number of fused-ring (bicyclic) bond motifs is 2. The van der Waals surface area contributed by atoms with Crippen LogP contribution in [0.15, 0.2) is 122 Å². The molecule has 0 bridgehead atoms. The predicted molar refractivity (Wildman–Crippen MR) is 487 cm³/mol. The highest BCUT2D eigenvalue weighted by Crippen LogP contribution is 2.43. The van der Waals surface area contributed by atoms with Crippen LogP contribution in [0.2, 0.25) is 0 Å². The number of ether oxygens (including phenoxy) is 2. The first-order chi connectivity index (χ1) is 66.2. The first kappa shape index (κ1) is 101. The van der Waals surface area contributed by atoms with Gasteiger partial charge in [0.15, 0.2) is 0 Å². The number of rotatable bonds is 26. The fraction of sp³-hybridized carbons (Fsp3) is 0.404. The van der Waals surface area contributed by atoms with Crippen molar-refractivity contribution in [2.75, 3.05) is 173 Å². The number of nitrogens with zero attached hydrogens (tertiary/aromatic N) is 13. The minimum absolute atomic E-state index is 0.0108. The molecular formula is C94H100F10N20O15. The van der Waals surface area contributed by atoms with E-state index in [4.69, 9.17) is 14.6 Å². The number of imide groups is 4. The number of carbonyl (C=O) groups excluding carboxylic acids is 11. The van der Waals surface area contributed by atoms with Crippen molar-refractivity contribution < 1.29 is 116 Å². The second-order valence-electron chi connectivity index (χ2n) is 34.5. The van der Waals surface area contributed by atoms with Gasteiger partial charge in [-0.2, -0.15) is 26.3 Å². The van der Waals surface area contributed by atoms with E-state index >= 15 is 8.78 Å². The van der Waals surface area contributed by atoms with E-state index in [0.29, 0.717) is 93.4 Å². The van der Waals surface area contributed by atoms with E-state index in [0.717, 1.165) is 60.2 Å². The molecule has 10 heterocycles. The van der Waals surface area contributed by atoms with Crippen molar-refractivity contribution in [3.8, 4) is 22.3 Å². The summed E-state index contributed by atoms with van der Waals surface area (Å²) >= 11 is 0. The smallest absolute Gasteiger partial charge is 0.417 e. The van der Waals surface area contributed by atoms with Gasteiger partial charge in [0.05, 0.1) is 107 Å². The summed E-state index contributed by atoms with van der Waals surface area (Å²) in [4.78, 5) is 183. The number of halogens is 10. The van der Waals surface area contributed by atoms with Gasteiger partial charge in [-0.25, -0.2) is 37.5 Å². The molecule has 6 aromatic carbocycles. The Hall–Kier alpha value is -14.2. The number of hydrogen-bond acceptors (Lipinski definition) is 27. The number of hydrogen-bond donors (Lipinski definition) is 8. The molecule has 0 aliphatic carbocycles. The Labute approximate surface area is 789 Å². The second kappa shape index (κ2) is 43.2. The maximum atomic E-state index is 16.1. The molecule has 0 spiro atoms. The molecule has 6 atom stereocenters. The Morgan fingerprint density at radius 2 is 0.849 bits per heavy atom. The lowest BCUT2D eigenvalue weighted by atomic mass is 10.0. The average Bonchev–Trinajstić information content (AvgIpc) is 1.61. The molecule has 139 heavy (non-hydrogen) atoms. The van der Waals surface area contributed by atoms with Gasteiger partial charge in [-0.05, 0) is 140 Å². The highest BCUT2D eigenvalue weighted by atomic mass is 19.4. The van der Waals surface area contributed by atoms with Crippen LogP contribution in [-0.2, 0) is 50.6 Å². The third-order valence-electron chi connectivity index (χ3n) is 25.3. The number of amides is 11. The van der Waals surface area contributed by atoms with Crippen LogP contribution < -0.4 is 56.8 Å². The van der Waals surface area contributed by atoms with Crippen LogP contribution in [0.1, 0.15) is 139 Å². The van der Waals surface area contributed by atoms with Gasteiger partial charge in [0.1, 0.15) is 35.4 Å². The van der Waals surface area contributed by atoms with Crippen molar-refractivity contribution in [1.82, 2.24) is 60.4 Å². The average molecular weight is 1940 g/mol. The van der Waals surface area contributed by atoms with Gasteiger partial charge >= 0.3 is 18.3 Å². The number of likely N-dealkylation sites (N-methyl/N-ethyl adjacent to an activating group) is 2. The molecular weight excluding hydrogens is 1840 g/mol. The standard InChI is InChI=1S/C47H49F5N10O7.C29H32F5N7O.C18H19N3O7/c1-26-24-61(25-27(2)58(26)3)38-21-34(49)32(20-36(38)56-42(65)30-8-7-29(48)19-33(30)47(50,51)52)28-22-54-46(55-23-28)60-15-13-59(14-16-60)40(64)11-17-69-18-12-53-35-6-4-5-31-41(35)45(68)62(44(31)67)37-9-10-39(63)57-43(37)66;1-17-15-41(16-18(2)39(17)3)26-12-24(31)22(19-13-36-28(37-14-19)40-8-6-35-7-9-40)11-25(26)38-27(42)21-5-4-20(30)10-23(21)29(32,33)34;22-13-5-4-12(16(25)20-13)21-17(26)10-2-1-3-11(15(10)18(21)27)19-7-9-28-8-6-14(23)24/h4-8,19-23,26-27,37,53H,9-18,24-25H2,1-3H3,(H,56,65)(H,57,63,66);4-5,10-14,17-18,35H,6-9,15-16H2,1-3H3,(H,38,42);1-3,12,19H,4-9H2,(H,23,24)(H,20,22,25)/t26-,27+,37?;17-,18+;. The number of benzene rings is 6. The van der Waals surface area contributed by atoms with Crippen molar-refractivity contribution in [2.24, 2.45) is 0 Å². The molecule has 16 rings (SSSR count). The lowest BCUT2D eigenvalue weighted by Crippen LogP contribution is -2.55. The Morgan fingerprint density at radius 1 is 0.460 bits per heavy atom. The summed E-state index contributed by atoms with van der Waals surface area (Å²) in [6.07, 6.45) is -4.02. The SMILES string of the molecule is C[C@@H]1CN(c2cc(F)c(-c3cnc(N4CCN(C(=O)CCOCCNc5cccc6c5C(=O)N(C5CCC(=O)NC5=O)C6=O)CC4)nc3)cc2NC(=O)c2ccc(F)cc2C(F)(F)F)C[C@H](C)N1C.C[C@@H]1CN(c2cc(F)c(-c3cnc(N4CCNCC4)nc3)cc2NC(=O)c2ccc(F)cc2C(F)(F)F)C[C@H](C)N1C.O=C(O)CCOCCNc1cccc2c1C(=O)N(C1CCC(=O)NC1=O)C2=O. The maximum absolute atomic E-state index is 16.1. The molecule has 8 aliphatic rings. The summed E-state index contributed by atoms with van der Waals surface area (Å²) in [7, 11) is 3.94. The van der Waals surface area contributed by atoms with E-state index in [1.165, 1.54) is 61.2 Å². The summed E-state index contributed by atoms with van der Waals surface area (Å²) in [5.74, 6) is -10.7. The lowest BCUT2D eigenvalue weighted by molar-refractivity contribution is -0.139. The molecule has 0 saturated carbocycles. The zero-order valence-electron chi connectivity index (χ0n) is 76.2. The minimum atomic E-state index is -5.03. The molecule has 0 radical (unpaired) electrons. The first-order valence-electron chi connectivity index (χ1n) is 44.9. The Balaban J connectivity index is 0.000000185. The molecule has 35 nitrogen and oxygen atoms in total. The highest BCUT2D eigenvalue weighted by molar-refractivity contribution is 6.27. The number of aromatic nitrogens is 4. The van der Waals surface area contributed by atoms with E-state index in [-0.39, 0.29) is 170 Å². The molecule has 8 N–H and O–H groups in total. The van der Waals surface area contributed by atoms with Crippen LogP contribution >= 0.6 is 0 Å². The molecule has 8 aliphatic heterocycles. The minimum Gasteiger partial charge on any atom is -0.481 e. The molecule has 6 saturated heterocycles. The summed E-state index contributed by atoms with van der Waals surface area (Å²) < 4.78 is 153. The van der Waals surface area contributed by atoms with E-state index in [2.05, 4.69) is 67.0 Å². The van der Waals surface area contributed by atoms with Crippen LogP contribution in [0, 0.1) is 23.3 Å². The largest absolute Gasteiger partial charge is 0.481 e. The number of piperidine rings is 2. The van der Waals surface area contributed by atoms with Crippen LogP contribution in [0.3, 0.4) is 0 Å². The zero-order chi connectivity index (χ0) is 99.7. The van der Waals surface area contributed by atoms with Crippen molar-refractivity contribution in [1.29, 1.82) is 0 Å². The second-order valence-corrected chi connectivity index (χ2v) is 34.5. The summed E-state index contributed by atoms with van der Waals surface area (Å²) in [5.41, 5.74) is -1.60. The van der Waals surface area contributed by atoms with Gasteiger partial charge in [0, 0.05) is 187 Å². The van der Waals surface area contributed by atoms with Gasteiger partial charge in [-0.3, -0.25) is 87.8 Å². The summed E-state index contributed by atoms with van der Waals surface area (Å²) in [6, 6.07) is 16.5. The quantitative estimate of drug-likeness (QED) is 0.0142. The van der Waals surface area contributed by atoms with Gasteiger partial charge in [0.25, 0.3) is 35.4 Å². The molecule has 2 aromatic heterocycles. The number of carboxylic acid groups (broad SMARTS) is 1. The van der Waals surface area contributed by atoms with Gasteiger partial charge in [0.2, 0.25) is 41.4 Å². The van der Waals surface area contributed by atoms with Gasteiger partial charge in [-0.15, -0.1) is 0 Å². The Bertz CT molecular complexity index is 6030. The van der Waals surface area contributed by atoms with Crippen LogP contribution in [0.25, 0.3) is 22.3 Å². The first-order valence-corrected chi connectivity index (χ1v) is 44.9. The molecule has 45 heteroatoms. The van der Waals surface area contributed by atoms with E-state index < -0.39 is 135 Å². The third-order valence-corrected chi connectivity index (χ3v) is 25.3. The van der Waals surface area contributed by atoms with Crippen molar-refractivity contribution >= 4 is 117 Å². The predicted octanol–water partition coefficient (Wildman–Crippen LogP) is 9.41. The van der Waals surface area contributed by atoms with E-state index in [1.807, 2.05) is 61.4 Å². The summed E-state index contributed by atoms with van der Waals surface area (Å²) in [6.45, 7) is 15.5. The Kier molecular flexibility index (Phi) is 31.3. The number of aliphatic carboxylic acids is 1. The van der Waals surface area contributed by atoms with Crippen molar-refractivity contribution in [3.63, 3.8) is 0 Å². The normalized spacial score (nSPS) is 19.8. The number of piperazine rings is 4. The van der Waals surface area contributed by atoms with Crippen molar-refractivity contribution in [3.05, 3.63) is 190 Å². The summed E-state index contributed by atoms with van der Waals surface area (Å²) in [5, 5.41) is 27.3. The molecule has 2 unspecified atom stereocenters.